The summed E-state index contributed by atoms with van der Waals surface area (Å²) in [6, 6.07) is 13.5. The summed E-state index contributed by atoms with van der Waals surface area (Å²) in [7, 11) is 1.56. The van der Waals surface area contributed by atoms with Crippen LogP contribution < -0.4 is 10.1 Å². The van der Waals surface area contributed by atoms with Crippen LogP contribution in [0.4, 0.5) is 0 Å². The zero-order chi connectivity index (χ0) is 16.8. The van der Waals surface area contributed by atoms with Crippen LogP contribution in [0.1, 0.15) is 34.8 Å². The van der Waals surface area contributed by atoms with Crippen molar-refractivity contribution in [2.45, 2.75) is 18.9 Å². The van der Waals surface area contributed by atoms with Gasteiger partial charge in [-0.1, -0.05) is 30.3 Å². The number of methoxy groups -OCH3 is 1. The number of hydrogen-bond donors (Lipinski definition) is 1. The fourth-order valence-electron chi connectivity index (χ4n) is 3.02. The lowest BCUT2D eigenvalue weighted by molar-refractivity contribution is 0.0926. The molecule has 126 valence electrons. The summed E-state index contributed by atoms with van der Waals surface area (Å²) < 4.78 is 5.04. The summed E-state index contributed by atoms with van der Waals surface area (Å²) in [5, 5.41) is 3.15. The van der Waals surface area contributed by atoms with Gasteiger partial charge in [-0.25, -0.2) is 4.98 Å². The summed E-state index contributed by atoms with van der Waals surface area (Å²) in [5.41, 5.74) is 1.66. The molecule has 1 aliphatic rings. The van der Waals surface area contributed by atoms with E-state index in [1.165, 1.54) is 12.8 Å². The quantitative estimate of drug-likeness (QED) is 0.887. The number of nitrogens with one attached hydrogen (secondary N) is 1. The Labute approximate surface area is 142 Å². The number of benzene rings is 1. The number of ether oxygens (including phenoxy) is 1. The number of pyridine rings is 1. The van der Waals surface area contributed by atoms with E-state index in [9.17, 15) is 4.79 Å². The van der Waals surface area contributed by atoms with E-state index in [4.69, 9.17) is 4.74 Å². The maximum absolute atomic E-state index is 12.6. The molecule has 5 heteroatoms. The standard InChI is InChI=1S/C19H23N3O2/c1-24-18-10-9-16(13-20-18)19(23)21-17(14-22-11-5-6-12-22)15-7-3-2-4-8-15/h2-4,7-10,13,17H,5-6,11-12,14H2,1H3,(H,21,23). The first-order valence-corrected chi connectivity index (χ1v) is 8.34. The predicted octanol–water partition coefficient (Wildman–Crippen LogP) is 2.66. The van der Waals surface area contributed by atoms with Gasteiger partial charge in [0.15, 0.2) is 0 Å². The van der Waals surface area contributed by atoms with Crippen molar-refractivity contribution in [2.24, 2.45) is 0 Å². The number of hydrogen-bond acceptors (Lipinski definition) is 4. The Morgan fingerprint density at radius 1 is 1.21 bits per heavy atom. The van der Waals surface area contributed by atoms with Crippen molar-refractivity contribution >= 4 is 5.91 Å². The van der Waals surface area contributed by atoms with E-state index in [2.05, 4.69) is 27.3 Å². The van der Waals surface area contributed by atoms with Gasteiger partial charge in [0.25, 0.3) is 5.91 Å². The number of carbonyl (C=O) groups is 1. The fourth-order valence-corrected chi connectivity index (χ4v) is 3.02. The van der Waals surface area contributed by atoms with E-state index in [0.29, 0.717) is 11.4 Å². The van der Waals surface area contributed by atoms with Gasteiger partial charge in [0, 0.05) is 18.8 Å². The van der Waals surface area contributed by atoms with Crippen LogP contribution in [-0.4, -0.2) is 42.5 Å². The third-order valence-corrected chi connectivity index (χ3v) is 4.35. The molecule has 0 radical (unpaired) electrons. The summed E-state index contributed by atoms with van der Waals surface area (Å²) in [5.74, 6) is 0.390. The lowest BCUT2D eigenvalue weighted by Gasteiger charge is -2.25. The minimum absolute atomic E-state index is 0.0288. The monoisotopic (exact) mass is 325 g/mol. The van der Waals surface area contributed by atoms with Crippen LogP contribution in [0.15, 0.2) is 48.7 Å². The molecule has 2 heterocycles. The predicted molar refractivity (Wildman–Crippen MR) is 93.1 cm³/mol. The number of likely N-dealkylation sites (tertiary alicyclic amines) is 1. The molecule has 24 heavy (non-hydrogen) atoms. The Morgan fingerprint density at radius 3 is 2.58 bits per heavy atom. The van der Waals surface area contributed by atoms with Gasteiger partial charge in [-0.3, -0.25) is 4.79 Å². The first kappa shape index (κ1) is 16.5. The molecule has 2 aromatic rings. The van der Waals surface area contributed by atoms with Crippen LogP contribution in [0.2, 0.25) is 0 Å². The highest BCUT2D eigenvalue weighted by Crippen LogP contribution is 2.18. The average molecular weight is 325 g/mol. The second kappa shape index (κ2) is 7.93. The van der Waals surface area contributed by atoms with Crippen molar-refractivity contribution in [3.05, 3.63) is 59.8 Å². The first-order chi connectivity index (χ1) is 11.8. The van der Waals surface area contributed by atoms with E-state index in [-0.39, 0.29) is 11.9 Å². The lowest BCUT2D eigenvalue weighted by Crippen LogP contribution is -2.37. The van der Waals surface area contributed by atoms with E-state index in [1.54, 1.807) is 25.4 Å². The van der Waals surface area contributed by atoms with E-state index in [1.807, 2.05) is 18.2 Å². The van der Waals surface area contributed by atoms with Crippen LogP contribution in [0.3, 0.4) is 0 Å². The van der Waals surface area contributed by atoms with Crippen molar-refractivity contribution in [3.8, 4) is 5.88 Å². The number of aromatic nitrogens is 1. The molecule has 3 rings (SSSR count). The number of nitrogens with zero attached hydrogens (tertiary/aromatic N) is 2. The third kappa shape index (κ3) is 4.11. The van der Waals surface area contributed by atoms with Crippen molar-refractivity contribution in [1.29, 1.82) is 0 Å². The second-order valence-corrected chi connectivity index (χ2v) is 6.03. The molecule has 0 saturated carbocycles. The molecule has 0 spiro atoms. The Bertz CT molecular complexity index is 652. The minimum atomic E-state index is -0.113. The molecule has 1 N–H and O–H groups in total. The van der Waals surface area contributed by atoms with Gasteiger partial charge in [-0.15, -0.1) is 0 Å². The topological polar surface area (TPSA) is 54.5 Å². The smallest absolute Gasteiger partial charge is 0.253 e. The van der Waals surface area contributed by atoms with Gasteiger partial charge in [-0.05, 0) is 37.6 Å². The maximum Gasteiger partial charge on any atom is 0.253 e. The largest absolute Gasteiger partial charge is 0.481 e. The molecule has 1 atom stereocenters. The van der Waals surface area contributed by atoms with Crippen molar-refractivity contribution in [3.63, 3.8) is 0 Å². The molecular weight excluding hydrogens is 302 g/mol. The molecule has 1 fully saturated rings. The van der Waals surface area contributed by atoms with E-state index < -0.39 is 0 Å². The molecule has 0 aliphatic carbocycles. The van der Waals surface area contributed by atoms with Crippen LogP contribution >= 0.6 is 0 Å². The van der Waals surface area contributed by atoms with Gasteiger partial charge < -0.3 is 15.0 Å². The lowest BCUT2D eigenvalue weighted by atomic mass is 10.1. The van der Waals surface area contributed by atoms with Gasteiger partial charge in [0.2, 0.25) is 5.88 Å². The van der Waals surface area contributed by atoms with E-state index in [0.717, 1.165) is 25.2 Å². The van der Waals surface area contributed by atoms with Gasteiger partial charge in [-0.2, -0.15) is 0 Å². The molecule has 1 aromatic carbocycles. The number of amides is 1. The normalized spacial score (nSPS) is 15.9. The Balaban J connectivity index is 1.73. The SMILES string of the molecule is COc1ccc(C(=O)NC(CN2CCCC2)c2ccccc2)cn1. The first-order valence-electron chi connectivity index (χ1n) is 8.34. The second-order valence-electron chi connectivity index (χ2n) is 6.03. The molecule has 1 unspecified atom stereocenters. The summed E-state index contributed by atoms with van der Waals surface area (Å²) in [6.07, 6.45) is 4.02. The van der Waals surface area contributed by atoms with Crippen LogP contribution in [0.5, 0.6) is 5.88 Å². The van der Waals surface area contributed by atoms with Crippen molar-refractivity contribution < 1.29 is 9.53 Å². The molecular formula is C19H23N3O2. The Kier molecular flexibility index (Phi) is 5.43. The fraction of sp³-hybridized carbons (Fsp3) is 0.368. The van der Waals surface area contributed by atoms with Crippen LogP contribution in [0.25, 0.3) is 0 Å². The van der Waals surface area contributed by atoms with Crippen LogP contribution in [0, 0.1) is 0 Å². The molecule has 1 amide bonds. The van der Waals surface area contributed by atoms with E-state index >= 15 is 0 Å². The number of carbonyl (C=O) groups excluding carboxylic acids is 1. The highest BCUT2D eigenvalue weighted by atomic mass is 16.5. The number of rotatable bonds is 6. The molecule has 1 saturated heterocycles. The van der Waals surface area contributed by atoms with Crippen molar-refractivity contribution in [2.75, 3.05) is 26.7 Å². The van der Waals surface area contributed by atoms with Gasteiger partial charge in [0.1, 0.15) is 0 Å². The molecule has 5 nitrogen and oxygen atoms in total. The van der Waals surface area contributed by atoms with Gasteiger partial charge in [0.05, 0.1) is 18.7 Å². The minimum Gasteiger partial charge on any atom is -0.481 e. The van der Waals surface area contributed by atoms with Gasteiger partial charge >= 0.3 is 0 Å². The zero-order valence-electron chi connectivity index (χ0n) is 13.9. The average Bonchev–Trinajstić information content (AvgIpc) is 3.15. The summed E-state index contributed by atoms with van der Waals surface area (Å²) in [4.78, 5) is 19.1. The summed E-state index contributed by atoms with van der Waals surface area (Å²) >= 11 is 0. The van der Waals surface area contributed by atoms with Crippen LogP contribution in [-0.2, 0) is 0 Å². The maximum atomic E-state index is 12.6. The Hall–Kier alpha value is -2.40. The molecule has 0 bridgehead atoms. The zero-order valence-corrected chi connectivity index (χ0v) is 13.9. The molecule has 1 aromatic heterocycles. The summed E-state index contributed by atoms with van der Waals surface area (Å²) in [6.45, 7) is 3.03. The highest BCUT2D eigenvalue weighted by molar-refractivity contribution is 5.94. The Morgan fingerprint density at radius 2 is 1.96 bits per heavy atom. The van der Waals surface area contributed by atoms with Crippen molar-refractivity contribution in [1.82, 2.24) is 15.2 Å². The third-order valence-electron chi connectivity index (χ3n) is 4.35. The highest BCUT2D eigenvalue weighted by Gasteiger charge is 2.21. The molecule has 1 aliphatic heterocycles.